The molecule has 3 heterocycles. The van der Waals surface area contributed by atoms with E-state index in [2.05, 4.69) is 29.1 Å². The molecule has 2 aromatic rings. The summed E-state index contributed by atoms with van der Waals surface area (Å²) in [6.45, 7) is 2.97. The molecule has 1 aliphatic rings. The van der Waals surface area contributed by atoms with Gasteiger partial charge in [-0.2, -0.15) is 9.29 Å². The fraction of sp³-hybridized carbons (Fsp3) is 0.667. The van der Waals surface area contributed by atoms with Crippen LogP contribution in [0.5, 0.6) is 0 Å². The van der Waals surface area contributed by atoms with E-state index in [-0.39, 0.29) is 29.8 Å². The lowest BCUT2D eigenvalue weighted by Crippen LogP contribution is -2.32. The summed E-state index contributed by atoms with van der Waals surface area (Å²) in [5.41, 5.74) is -0.405. The lowest BCUT2D eigenvalue weighted by atomic mass is 9.99. The summed E-state index contributed by atoms with van der Waals surface area (Å²) in [5, 5.41) is 13.8. The van der Waals surface area contributed by atoms with Gasteiger partial charge >= 0.3 is 15.6 Å². The maximum atomic E-state index is 12.4. The molecule has 1 fully saturated rings. The van der Waals surface area contributed by atoms with Crippen LogP contribution in [0, 0.1) is 5.92 Å². The Morgan fingerprint density at radius 1 is 1.30 bits per heavy atom. The van der Waals surface area contributed by atoms with Gasteiger partial charge in [0.15, 0.2) is 17.4 Å². The van der Waals surface area contributed by atoms with Gasteiger partial charge in [0.05, 0.1) is 25.6 Å². The first-order valence-electron chi connectivity index (χ1n) is 9.61. The Morgan fingerprint density at radius 2 is 2.00 bits per heavy atom. The summed E-state index contributed by atoms with van der Waals surface area (Å²) in [6.07, 6.45) is -2.19. The first-order valence-corrected chi connectivity index (χ1v) is 12.6. The van der Waals surface area contributed by atoms with Gasteiger partial charge < -0.3 is 34.6 Å². The number of anilines is 1. The maximum absolute atomic E-state index is 12.4. The van der Waals surface area contributed by atoms with Crippen molar-refractivity contribution in [3.63, 3.8) is 0 Å². The number of ether oxygens (including phenoxy) is 2. The van der Waals surface area contributed by atoms with Crippen LogP contribution in [0.2, 0.25) is 0 Å². The number of rotatable bonds is 10. The smallest absolute Gasteiger partial charge is 0.388 e. The van der Waals surface area contributed by atoms with Crippen LogP contribution in [0.3, 0.4) is 0 Å². The Kier molecular flexibility index (Phi) is 7.75. The normalized spacial score (nSPS) is 25.6. The summed E-state index contributed by atoms with van der Waals surface area (Å²) >= 11 is 0. The Bertz CT molecular complexity index is 1130. The lowest BCUT2D eigenvalue weighted by Gasteiger charge is -2.20. The third kappa shape index (κ3) is 6.25. The van der Waals surface area contributed by atoms with Crippen molar-refractivity contribution in [3.05, 3.63) is 16.7 Å². The molecule has 0 spiro atoms. The number of aliphatic hydroxyl groups is 1. The molecule has 33 heavy (non-hydrogen) atoms. The Morgan fingerprint density at radius 3 is 2.61 bits per heavy atom. The third-order valence-electron chi connectivity index (χ3n) is 4.63. The molecule has 1 unspecified atom stereocenters. The van der Waals surface area contributed by atoms with Crippen molar-refractivity contribution in [1.82, 2.24) is 19.5 Å². The second-order valence-electron chi connectivity index (χ2n) is 7.55. The molecule has 0 saturated carbocycles. The highest BCUT2D eigenvalue weighted by molar-refractivity contribution is 7.60. The van der Waals surface area contributed by atoms with E-state index in [1.165, 1.54) is 18.0 Å². The number of aromatic nitrogens is 4. The number of nitrogens with one attached hydrogen (secondary N) is 2. The molecule has 0 bridgehead atoms. The van der Waals surface area contributed by atoms with Gasteiger partial charge in [0.25, 0.3) is 5.56 Å². The fourth-order valence-electron chi connectivity index (χ4n) is 3.36. The van der Waals surface area contributed by atoms with E-state index in [4.69, 9.17) is 19.3 Å². The molecule has 3 rings (SSSR count). The fourth-order valence-corrected chi connectivity index (χ4v) is 4.96. The van der Waals surface area contributed by atoms with Crippen LogP contribution in [0.1, 0.15) is 20.1 Å². The van der Waals surface area contributed by atoms with Gasteiger partial charge in [0.1, 0.15) is 6.10 Å². The third-order valence-corrected chi connectivity index (χ3v) is 6.78. The minimum Gasteiger partial charge on any atom is -0.388 e. The number of phosphoric ester groups is 1. The Hall–Kier alpha value is -1.71. The number of nitrogens with zero attached hydrogens (tertiary/aromatic N) is 3. The molecule has 2 aromatic heterocycles. The molecule has 186 valence electrons. The SMILES string of the molecule is COC[C@H]1[C@@H](O)[C@H](n2cnc3c(=O)[nH]c(NC(C)C)nc32)O[C@@H]1COP(=O)(O)OP(=O)(O)O. The van der Waals surface area contributed by atoms with Crippen molar-refractivity contribution in [3.8, 4) is 0 Å². The Balaban J connectivity index is 1.87. The molecule has 0 aliphatic carbocycles. The number of aromatic amines is 1. The molecular formula is C15H25N5O11P2. The van der Waals surface area contributed by atoms with Crippen LogP contribution >= 0.6 is 15.6 Å². The largest absolute Gasteiger partial charge is 0.481 e. The molecule has 1 saturated heterocycles. The number of imidazole rings is 1. The number of phosphoric acid groups is 2. The van der Waals surface area contributed by atoms with E-state index in [9.17, 15) is 23.9 Å². The van der Waals surface area contributed by atoms with E-state index in [0.717, 1.165) is 0 Å². The number of hydrogen-bond donors (Lipinski definition) is 6. The van der Waals surface area contributed by atoms with E-state index in [0.29, 0.717) is 0 Å². The highest BCUT2D eigenvalue weighted by atomic mass is 31.3. The predicted molar refractivity (Wildman–Crippen MR) is 111 cm³/mol. The highest BCUT2D eigenvalue weighted by Crippen LogP contribution is 2.57. The number of hydrogen-bond acceptors (Lipinski definition) is 11. The van der Waals surface area contributed by atoms with E-state index < -0.39 is 52.2 Å². The summed E-state index contributed by atoms with van der Waals surface area (Å²) in [4.78, 5) is 50.2. The zero-order valence-corrected chi connectivity index (χ0v) is 19.5. The van der Waals surface area contributed by atoms with Gasteiger partial charge in [0, 0.05) is 19.1 Å². The van der Waals surface area contributed by atoms with Gasteiger partial charge in [-0.25, -0.2) is 14.1 Å². The number of fused-ring (bicyclic) bond motifs is 1. The molecule has 1 aliphatic heterocycles. The topological polar surface area (TPSA) is 228 Å². The van der Waals surface area contributed by atoms with Gasteiger partial charge in [-0.15, -0.1) is 0 Å². The number of H-pyrrole nitrogens is 1. The highest BCUT2D eigenvalue weighted by Gasteiger charge is 2.46. The molecular weight excluding hydrogens is 488 g/mol. The van der Waals surface area contributed by atoms with Gasteiger partial charge in [-0.05, 0) is 13.8 Å². The molecule has 18 heteroatoms. The standard InChI is InChI=1S/C15H25N5O11P2/c1-7(2)17-15-18-12-10(13(22)19-15)16-6-20(12)14-11(21)8(4-28-3)9(30-14)5-29-33(26,27)31-32(23,24)25/h6-9,11,14,21H,4-5H2,1-3H3,(H,26,27)(H2,23,24,25)(H2,17,18,19,22)/t8-,9-,11-,14-/m1/s1. The van der Waals surface area contributed by atoms with E-state index in [1.54, 1.807) is 0 Å². The van der Waals surface area contributed by atoms with Crippen LogP contribution in [-0.2, 0) is 27.4 Å². The number of aliphatic hydroxyl groups excluding tert-OH is 1. The zero-order valence-electron chi connectivity index (χ0n) is 17.8. The van der Waals surface area contributed by atoms with Crippen molar-refractivity contribution < 1.29 is 47.2 Å². The second-order valence-corrected chi connectivity index (χ2v) is 10.4. The van der Waals surface area contributed by atoms with E-state index in [1.807, 2.05) is 13.8 Å². The minimum atomic E-state index is -5.30. The van der Waals surface area contributed by atoms with Crippen LogP contribution in [0.4, 0.5) is 5.95 Å². The average molecular weight is 513 g/mol. The van der Waals surface area contributed by atoms with Crippen LogP contribution in [-0.4, -0.2) is 77.9 Å². The molecule has 16 nitrogen and oxygen atoms in total. The van der Waals surface area contributed by atoms with Crippen LogP contribution in [0.15, 0.2) is 11.1 Å². The van der Waals surface area contributed by atoms with Crippen LogP contribution in [0.25, 0.3) is 11.2 Å². The van der Waals surface area contributed by atoms with Crippen molar-refractivity contribution in [2.45, 2.75) is 38.3 Å². The zero-order chi connectivity index (χ0) is 24.6. The first-order chi connectivity index (χ1) is 15.3. The van der Waals surface area contributed by atoms with Crippen molar-refractivity contribution in [2.75, 3.05) is 25.6 Å². The predicted octanol–water partition coefficient (Wildman–Crippen LogP) is -0.313. The lowest BCUT2D eigenvalue weighted by molar-refractivity contribution is -0.0492. The van der Waals surface area contributed by atoms with Crippen LogP contribution < -0.4 is 10.9 Å². The summed E-state index contributed by atoms with van der Waals surface area (Å²) in [5.74, 6) is -0.608. The van der Waals surface area contributed by atoms with Crippen molar-refractivity contribution in [2.24, 2.45) is 5.92 Å². The van der Waals surface area contributed by atoms with E-state index >= 15 is 0 Å². The van der Waals surface area contributed by atoms with Crippen molar-refractivity contribution in [1.29, 1.82) is 0 Å². The molecule has 0 radical (unpaired) electrons. The maximum Gasteiger partial charge on any atom is 0.481 e. The summed E-state index contributed by atoms with van der Waals surface area (Å²) in [6, 6.07) is -0.0348. The molecule has 0 aromatic carbocycles. The quantitative estimate of drug-likeness (QED) is 0.224. The second kappa shape index (κ2) is 9.88. The number of methoxy groups -OCH3 is 1. The van der Waals surface area contributed by atoms with Gasteiger partial charge in [-0.1, -0.05) is 0 Å². The monoisotopic (exact) mass is 513 g/mol. The Labute approximate surface area is 186 Å². The first kappa shape index (κ1) is 25.9. The van der Waals surface area contributed by atoms with Crippen molar-refractivity contribution >= 4 is 32.8 Å². The minimum absolute atomic E-state index is 0.00185. The molecule has 0 amide bonds. The molecule has 6 N–H and O–H groups in total. The average Bonchev–Trinajstić information content (AvgIpc) is 3.20. The summed E-state index contributed by atoms with van der Waals surface area (Å²) < 4.78 is 43.2. The molecule has 5 atom stereocenters. The van der Waals surface area contributed by atoms with Gasteiger partial charge in [0.2, 0.25) is 5.95 Å². The van der Waals surface area contributed by atoms with Gasteiger partial charge in [-0.3, -0.25) is 18.9 Å². The summed E-state index contributed by atoms with van der Waals surface area (Å²) in [7, 11) is -9.06.